The number of rotatable bonds is 17. The Bertz CT molecular complexity index is 1490. The molecular weight excluding hydrogens is 582 g/mol. The van der Waals surface area contributed by atoms with Crippen LogP contribution in [-0.2, 0) is 29.5 Å². The van der Waals surface area contributed by atoms with Crippen LogP contribution in [0.15, 0.2) is 120 Å². The van der Waals surface area contributed by atoms with E-state index in [-0.39, 0.29) is 18.0 Å². The lowest BCUT2D eigenvalue weighted by Crippen LogP contribution is -2.49. The molecule has 2 atom stereocenters. The van der Waals surface area contributed by atoms with E-state index in [0.29, 0.717) is 12.2 Å². The van der Waals surface area contributed by atoms with Gasteiger partial charge in [-0.2, -0.15) is 4.31 Å². The highest BCUT2D eigenvalue weighted by Crippen LogP contribution is 2.28. The van der Waals surface area contributed by atoms with Crippen LogP contribution in [0, 0.1) is 5.41 Å². The summed E-state index contributed by atoms with van der Waals surface area (Å²) in [4.78, 5) is 2.55. The molecule has 0 aliphatic heterocycles. The molecule has 240 valence electrons. The lowest BCUT2D eigenvalue weighted by atomic mass is 9.88. The fraction of sp³-hybridized carbons (Fsp3) is 0.351. The Hall–Kier alpha value is -3.53. The number of nitrogens with two attached hydrogens (primary N) is 1. The zero-order valence-corrected chi connectivity index (χ0v) is 27.4. The maximum Gasteiger partial charge on any atom is 0.243 e. The molecule has 4 aromatic rings. The van der Waals surface area contributed by atoms with Crippen molar-refractivity contribution in [1.29, 1.82) is 0 Å². The molecule has 4 aromatic carbocycles. The van der Waals surface area contributed by atoms with Crippen LogP contribution in [0.4, 0.5) is 0 Å². The molecule has 0 aliphatic rings. The molecule has 0 unspecified atom stereocenters. The van der Waals surface area contributed by atoms with Gasteiger partial charge < -0.3 is 15.6 Å². The van der Waals surface area contributed by atoms with E-state index in [4.69, 9.17) is 10.5 Å². The maximum atomic E-state index is 14.1. The van der Waals surface area contributed by atoms with E-state index in [0.717, 1.165) is 31.6 Å². The predicted octanol–water partition coefficient (Wildman–Crippen LogP) is 5.74. The maximum absolute atomic E-state index is 14.1. The van der Waals surface area contributed by atoms with Crippen LogP contribution in [0.3, 0.4) is 0 Å². The molecule has 0 spiro atoms. The van der Waals surface area contributed by atoms with E-state index in [2.05, 4.69) is 67.3 Å². The molecular formula is C37H47N3O4S. The van der Waals surface area contributed by atoms with Gasteiger partial charge in [0, 0.05) is 32.2 Å². The number of nitrogens with zero attached hydrogens (tertiary/aromatic N) is 2. The normalized spacial score (nSPS) is 13.6. The minimum Gasteiger partial charge on any atom is -0.497 e. The second-order valence-electron chi connectivity index (χ2n) is 12.5. The van der Waals surface area contributed by atoms with Gasteiger partial charge in [-0.15, -0.1) is 0 Å². The van der Waals surface area contributed by atoms with E-state index in [1.807, 2.05) is 42.5 Å². The van der Waals surface area contributed by atoms with E-state index in [9.17, 15) is 13.5 Å². The molecule has 45 heavy (non-hydrogen) atoms. The zero-order chi connectivity index (χ0) is 32.3. The zero-order valence-electron chi connectivity index (χ0n) is 26.6. The van der Waals surface area contributed by atoms with Crippen molar-refractivity contribution in [3.8, 4) is 5.75 Å². The minimum absolute atomic E-state index is 0.108. The Balaban J connectivity index is 1.53. The summed E-state index contributed by atoms with van der Waals surface area (Å²) in [5, 5.41) is 11.2. The predicted molar refractivity (Wildman–Crippen MR) is 181 cm³/mol. The van der Waals surface area contributed by atoms with Gasteiger partial charge in [0.1, 0.15) is 5.75 Å². The molecule has 4 rings (SSSR count). The molecule has 0 aromatic heterocycles. The molecule has 3 N–H and O–H groups in total. The van der Waals surface area contributed by atoms with Crippen LogP contribution < -0.4 is 10.5 Å². The van der Waals surface area contributed by atoms with Gasteiger partial charge >= 0.3 is 0 Å². The van der Waals surface area contributed by atoms with Gasteiger partial charge in [0.15, 0.2) is 0 Å². The summed E-state index contributed by atoms with van der Waals surface area (Å²) < 4.78 is 34.8. The Morgan fingerprint density at radius 1 is 0.778 bits per heavy atom. The van der Waals surface area contributed by atoms with Gasteiger partial charge in [-0.3, -0.25) is 4.90 Å². The van der Waals surface area contributed by atoms with Gasteiger partial charge in [-0.05, 0) is 65.8 Å². The summed E-state index contributed by atoms with van der Waals surface area (Å²) in [5.41, 5.74) is 9.47. The molecule has 0 amide bonds. The van der Waals surface area contributed by atoms with Crippen LogP contribution in [0.5, 0.6) is 5.75 Å². The van der Waals surface area contributed by atoms with E-state index >= 15 is 0 Å². The van der Waals surface area contributed by atoms with Crippen LogP contribution in [-0.4, -0.2) is 61.6 Å². The Kier molecular flexibility index (Phi) is 12.3. The first kappa shape index (κ1) is 34.3. The Morgan fingerprint density at radius 2 is 1.27 bits per heavy atom. The van der Waals surface area contributed by atoms with Crippen LogP contribution >= 0.6 is 0 Å². The third kappa shape index (κ3) is 10.5. The van der Waals surface area contributed by atoms with Crippen LogP contribution in [0.1, 0.15) is 37.0 Å². The molecule has 0 fully saturated rings. The first-order valence-electron chi connectivity index (χ1n) is 15.5. The lowest BCUT2D eigenvalue weighted by Gasteiger charge is -2.35. The summed E-state index contributed by atoms with van der Waals surface area (Å²) in [6, 6.07) is 36.2. The monoisotopic (exact) mass is 629 g/mol. The first-order chi connectivity index (χ1) is 21.6. The quantitative estimate of drug-likeness (QED) is 0.155. The average Bonchev–Trinajstić information content (AvgIpc) is 3.04. The third-order valence-electron chi connectivity index (χ3n) is 8.10. The summed E-state index contributed by atoms with van der Waals surface area (Å²) in [6.07, 6.45) is 0.130. The highest BCUT2D eigenvalue weighted by Gasteiger charge is 2.34. The molecule has 0 aliphatic carbocycles. The standard InChI is InChI=1S/C37H47N3O4S/c1-37(2,23-24-39(26-31-15-9-5-10-16-31)27-32-17-11-6-12-18-32)29-40(45(42,43)34-21-19-33(44-3)20-22-34)28-36(41)35(38)25-30-13-7-4-8-14-30/h4-22,35-36,41H,23-29,38H2,1-3H3/t35-,36+/m0/s1. The minimum atomic E-state index is -3.95. The highest BCUT2D eigenvalue weighted by molar-refractivity contribution is 7.89. The van der Waals surface area contributed by atoms with Crippen molar-refractivity contribution < 1.29 is 18.3 Å². The number of aliphatic hydroxyl groups excluding tert-OH is 1. The van der Waals surface area contributed by atoms with Gasteiger partial charge in [-0.1, -0.05) is 105 Å². The number of methoxy groups -OCH3 is 1. The molecule has 0 heterocycles. The SMILES string of the molecule is COc1ccc(S(=O)(=O)N(C[C@@H](O)[C@@H](N)Cc2ccccc2)CC(C)(C)CCN(Cc2ccccc2)Cc2ccccc2)cc1. The summed E-state index contributed by atoms with van der Waals surface area (Å²) >= 11 is 0. The Labute approximate surface area is 269 Å². The molecule has 0 saturated carbocycles. The smallest absolute Gasteiger partial charge is 0.243 e. The highest BCUT2D eigenvalue weighted by atomic mass is 32.2. The van der Waals surface area contributed by atoms with Gasteiger partial charge in [-0.25, -0.2) is 8.42 Å². The number of hydrogen-bond donors (Lipinski definition) is 2. The summed E-state index contributed by atoms with van der Waals surface area (Å²) in [7, 11) is -2.40. The van der Waals surface area contributed by atoms with Crippen molar-refractivity contribution in [3.63, 3.8) is 0 Å². The van der Waals surface area contributed by atoms with Crippen LogP contribution in [0.25, 0.3) is 0 Å². The van der Waals surface area contributed by atoms with Gasteiger partial charge in [0.2, 0.25) is 10.0 Å². The average molecular weight is 630 g/mol. The fourth-order valence-electron chi connectivity index (χ4n) is 5.43. The second kappa shape index (κ2) is 16.2. The van der Waals surface area contributed by atoms with Crippen molar-refractivity contribution in [3.05, 3.63) is 132 Å². The summed E-state index contributed by atoms with van der Waals surface area (Å²) in [6.45, 7) is 6.62. The number of benzene rings is 4. The molecule has 0 bridgehead atoms. The fourth-order valence-corrected chi connectivity index (χ4v) is 7.07. The van der Waals surface area contributed by atoms with Crippen molar-refractivity contribution in [1.82, 2.24) is 9.21 Å². The van der Waals surface area contributed by atoms with E-state index in [1.165, 1.54) is 15.4 Å². The summed E-state index contributed by atoms with van der Waals surface area (Å²) in [5.74, 6) is 0.572. The Morgan fingerprint density at radius 3 is 1.76 bits per heavy atom. The molecule has 7 nitrogen and oxygen atoms in total. The number of aliphatic hydroxyl groups is 1. The van der Waals surface area contributed by atoms with Gasteiger partial charge in [0.05, 0.1) is 18.1 Å². The van der Waals surface area contributed by atoms with Crippen molar-refractivity contribution in [2.24, 2.45) is 11.1 Å². The second-order valence-corrected chi connectivity index (χ2v) is 14.4. The molecule has 0 saturated heterocycles. The molecule has 8 heteroatoms. The largest absolute Gasteiger partial charge is 0.497 e. The first-order valence-corrected chi connectivity index (χ1v) is 16.9. The van der Waals surface area contributed by atoms with E-state index < -0.39 is 27.6 Å². The van der Waals surface area contributed by atoms with Crippen molar-refractivity contribution >= 4 is 10.0 Å². The van der Waals surface area contributed by atoms with Crippen molar-refractivity contribution in [2.45, 2.75) is 56.8 Å². The third-order valence-corrected chi connectivity index (χ3v) is 9.93. The topological polar surface area (TPSA) is 96.1 Å². The van der Waals surface area contributed by atoms with Gasteiger partial charge in [0.25, 0.3) is 0 Å². The molecule has 0 radical (unpaired) electrons. The number of ether oxygens (including phenoxy) is 1. The lowest BCUT2D eigenvalue weighted by molar-refractivity contribution is 0.102. The number of sulfonamides is 1. The van der Waals surface area contributed by atoms with Crippen LogP contribution in [0.2, 0.25) is 0 Å². The van der Waals surface area contributed by atoms with E-state index in [1.54, 1.807) is 31.4 Å². The number of hydrogen-bond acceptors (Lipinski definition) is 6. The van der Waals surface area contributed by atoms with Crippen molar-refractivity contribution in [2.75, 3.05) is 26.7 Å².